The molecule has 0 bridgehead atoms. The molecular weight excluding hydrogens is 342 g/mol. The lowest BCUT2D eigenvalue weighted by Gasteiger charge is -2.20. The number of phenolic OH excluding ortho intramolecular Hbond substituents is 2. The Morgan fingerprint density at radius 1 is 1.20 bits per heavy atom. The lowest BCUT2D eigenvalue weighted by molar-refractivity contribution is 0.0955. The number of nitrogens with zero attached hydrogens (tertiary/aromatic N) is 2. The van der Waals surface area contributed by atoms with E-state index in [-0.39, 0.29) is 16.7 Å². The number of anilines is 1. The second-order valence-corrected chi connectivity index (χ2v) is 5.70. The van der Waals surface area contributed by atoms with Crippen LogP contribution in [-0.4, -0.2) is 35.4 Å². The molecular formula is C18H20ClN3O3. The van der Waals surface area contributed by atoms with Gasteiger partial charge in [-0.2, -0.15) is 5.10 Å². The molecule has 3 N–H and O–H groups in total. The van der Waals surface area contributed by atoms with E-state index in [1.807, 2.05) is 12.1 Å². The van der Waals surface area contributed by atoms with Crippen LogP contribution in [0, 0.1) is 0 Å². The number of hydrogen-bond acceptors (Lipinski definition) is 5. The number of phenols is 2. The Hall–Kier alpha value is -2.73. The van der Waals surface area contributed by atoms with Crippen LogP contribution < -0.4 is 10.3 Å². The van der Waals surface area contributed by atoms with E-state index in [0.29, 0.717) is 11.1 Å². The van der Waals surface area contributed by atoms with Crippen molar-refractivity contribution in [3.63, 3.8) is 0 Å². The van der Waals surface area contributed by atoms with Crippen molar-refractivity contribution in [2.45, 2.75) is 13.8 Å². The van der Waals surface area contributed by atoms with Crippen LogP contribution in [-0.2, 0) is 0 Å². The van der Waals surface area contributed by atoms with Crippen LogP contribution in [0.25, 0.3) is 0 Å². The van der Waals surface area contributed by atoms with E-state index >= 15 is 0 Å². The number of rotatable bonds is 6. The topological polar surface area (TPSA) is 85.2 Å². The van der Waals surface area contributed by atoms with Crippen LogP contribution >= 0.6 is 11.6 Å². The number of nitrogens with one attached hydrogen (secondary N) is 1. The summed E-state index contributed by atoms with van der Waals surface area (Å²) in [5.41, 5.74) is 4.39. The summed E-state index contributed by atoms with van der Waals surface area (Å²) in [5.74, 6) is -1.10. The van der Waals surface area contributed by atoms with E-state index in [1.54, 1.807) is 12.1 Å². The second-order valence-electron chi connectivity index (χ2n) is 5.29. The Morgan fingerprint density at radius 2 is 1.84 bits per heavy atom. The van der Waals surface area contributed by atoms with E-state index < -0.39 is 5.75 Å². The Balaban J connectivity index is 2.02. The average Bonchev–Trinajstić information content (AvgIpc) is 2.61. The third-order valence-electron chi connectivity index (χ3n) is 3.70. The molecule has 0 radical (unpaired) electrons. The van der Waals surface area contributed by atoms with Gasteiger partial charge in [-0.25, -0.2) is 5.43 Å². The van der Waals surface area contributed by atoms with Crippen molar-refractivity contribution >= 4 is 29.4 Å². The third-order valence-corrected chi connectivity index (χ3v) is 3.99. The summed E-state index contributed by atoms with van der Waals surface area (Å²) in [5, 5.41) is 22.7. The minimum Gasteiger partial charge on any atom is -0.504 e. The molecule has 0 aliphatic carbocycles. The zero-order valence-electron chi connectivity index (χ0n) is 14.0. The zero-order chi connectivity index (χ0) is 18.4. The zero-order valence-corrected chi connectivity index (χ0v) is 14.8. The highest BCUT2D eigenvalue weighted by molar-refractivity contribution is 6.32. The fourth-order valence-electron chi connectivity index (χ4n) is 2.32. The fraction of sp³-hybridized carbons (Fsp3) is 0.222. The summed E-state index contributed by atoms with van der Waals surface area (Å²) in [4.78, 5) is 14.3. The first-order valence-corrected chi connectivity index (χ1v) is 8.24. The van der Waals surface area contributed by atoms with Gasteiger partial charge in [-0.1, -0.05) is 11.6 Å². The maximum atomic E-state index is 12.1. The number of benzene rings is 2. The summed E-state index contributed by atoms with van der Waals surface area (Å²) >= 11 is 5.76. The molecule has 2 aromatic carbocycles. The van der Waals surface area contributed by atoms with Crippen molar-refractivity contribution in [1.29, 1.82) is 0 Å². The molecule has 0 heterocycles. The molecule has 25 heavy (non-hydrogen) atoms. The van der Waals surface area contributed by atoms with Crippen molar-refractivity contribution < 1.29 is 15.0 Å². The fourth-order valence-corrected chi connectivity index (χ4v) is 2.54. The predicted molar refractivity (Wildman–Crippen MR) is 99.8 cm³/mol. The largest absolute Gasteiger partial charge is 0.504 e. The van der Waals surface area contributed by atoms with Crippen molar-refractivity contribution in [3.8, 4) is 11.5 Å². The van der Waals surface area contributed by atoms with Gasteiger partial charge in [0.05, 0.1) is 11.2 Å². The van der Waals surface area contributed by atoms with Crippen molar-refractivity contribution in [3.05, 3.63) is 52.5 Å². The number of hydrogen-bond donors (Lipinski definition) is 3. The number of hydrazone groups is 1. The number of carbonyl (C=O) groups is 1. The molecule has 0 atom stereocenters. The van der Waals surface area contributed by atoms with E-state index in [4.69, 9.17) is 11.6 Å². The van der Waals surface area contributed by atoms with E-state index in [2.05, 4.69) is 29.3 Å². The summed E-state index contributed by atoms with van der Waals surface area (Å²) in [6.45, 7) is 5.95. The van der Waals surface area contributed by atoms with E-state index in [0.717, 1.165) is 18.8 Å². The van der Waals surface area contributed by atoms with Crippen molar-refractivity contribution in [2.75, 3.05) is 18.0 Å². The first-order valence-electron chi connectivity index (χ1n) is 7.86. The standard InChI is InChI=1S/C18H20ClN3O3/c1-3-22(4-2)14-7-5-13(6-8-14)18(25)21-20-11-12-9-15(19)17(24)16(23)10-12/h5-11,23-24H,3-4H2,1-2H3,(H,21,25)/b20-11+. The van der Waals surface area contributed by atoms with E-state index in [1.165, 1.54) is 18.3 Å². The molecule has 0 saturated carbocycles. The van der Waals surface area contributed by atoms with Crippen LogP contribution in [0.5, 0.6) is 11.5 Å². The number of aromatic hydroxyl groups is 2. The Bertz CT molecular complexity index is 749. The predicted octanol–water partition coefficient (Wildman–Crippen LogP) is 3.36. The Labute approximate surface area is 151 Å². The summed E-state index contributed by atoms with van der Waals surface area (Å²) in [7, 11) is 0. The summed E-state index contributed by atoms with van der Waals surface area (Å²) < 4.78 is 0. The summed E-state index contributed by atoms with van der Waals surface area (Å²) in [6, 6.07) is 9.97. The minimum atomic E-state index is -0.392. The highest BCUT2D eigenvalue weighted by atomic mass is 35.5. The molecule has 0 aliphatic rings. The lowest BCUT2D eigenvalue weighted by atomic mass is 10.2. The number of amides is 1. The maximum absolute atomic E-state index is 12.1. The van der Waals surface area contributed by atoms with Crippen LogP contribution in [0.4, 0.5) is 5.69 Å². The molecule has 0 aromatic heterocycles. The van der Waals surface area contributed by atoms with Gasteiger partial charge in [0, 0.05) is 24.3 Å². The quantitative estimate of drug-likeness (QED) is 0.418. The third kappa shape index (κ3) is 4.64. The average molecular weight is 362 g/mol. The molecule has 6 nitrogen and oxygen atoms in total. The molecule has 132 valence electrons. The molecule has 2 aromatic rings. The van der Waals surface area contributed by atoms with Gasteiger partial charge in [0.2, 0.25) is 0 Å². The van der Waals surface area contributed by atoms with Crippen LogP contribution in [0.2, 0.25) is 5.02 Å². The molecule has 0 spiro atoms. The second kappa shape index (κ2) is 8.39. The Morgan fingerprint density at radius 3 is 2.40 bits per heavy atom. The van der Waals surface area contributed by atoms with Gasteiger partial charge in [-0.05, 0) is 55.8 Å². The van der Waals surface area contributed by atoms with Gasteiger partial charge in [-0.3, -0.25) is 4.79 Å². The molecule has 0 saturated heterocycles. The van der Waals surface area contributed by atoms with Crippen LogP contribution in [0.3, 0.4) is 0 Å². The summed E-state index contributed by atoms with van der Waals surface area (Å²) in [6.07, 6.45) is 1.33. The smallest absolute Gasteiger partial charge is 0.271 e. The van der Waals surface area contributed by atoms with Crippen LogP contribution in [0.15, 0.2) is 41.5 Å². The van der Waals surface area contributed by atoms with Gasteiger partial charge in [0.25, 0.3) is 5.91 Å². The van der Waals surface area contributed by atoms with Gasteiger partial charge in [0.15, 0.2) is 11.5 Å². The first-order chi connectivity index (χ1) is 12.0. The van der Waals surface area contributed by atoms with Gasteiger partial charge >= 0.3 is 0 Å². The molecule has 7 heteroatoms. The normalized spacial score (nSPS) is 10.8. The minimum absolute atomic E-state index is 0.000215. The highest BCUT2D eigenvalue weighted by Gasteiger charge is 2.08. The van der Waals surface area contributed by atoms with Gasteiger partial charge in [0.1, 0.15) is 0 Å². The molecule has 0 unspecified atom stereocenters. The van der Waals surface area contributed by atoms with Crippen molar-refractivity contribution in [2.24, 2.45) is 5.10 Å². The van der Waals surface area contributed by atoms with E-state index in [9.17, 15) is 15.0 Å². The lowest BCUT2D eigenvalue weighted by Crippen LogP contribution is -2.22. The SMILES string of the molecule is CCN(CC)c1ccc(C(=O)N/N=C/c2cc(O)c(O)c(Cl)c2)cc1. The van der Waals surface area contributed by atoms with Gasteiger partial charge < -0.3 is 15.1 Å². The molecule has 0 aliphatic heterocycles. The molecule has 1 amide bonds. The maximum Gasteiger partial charge on any atom is 0.271 e. The molecule has 2 rings (SSSR count). The Kier molecular flexibility index (Phi) is 6.25. The monoisotopic (exact) mass is 361 g/mol. The number of halogens is 1. The van der Waals surface area contributed by atoms with Crippen molar-refractivity contribution in [1.82, 2.24) is 5.43 Å². The first kappa shape index (κ1) is 18.6. The number of carbonyl (C=O) groups excluding carboxylic acids is 1. The van der Waals surface area contributed by atoms with Crippen LogP contribution in [0.1, 0.15) is 29.8 Å². The van der Waals surface area contributed by atoms with Gasteiger partial charge in [-0.15, -0.1) is 0 Å². The highest BCUT2D eigenvalue weighted by Crippen LogP contribution is 2.33. The molecule has 0 fully saturated rings.